The Morgan fingerprint density at radius 1 is 0.792 bits per heavy atom. The van der Waals surface area contributed by atoms with Crippen LogP contribution in [0.25, 0.3) is 21.8 Å². The van der Waals surface area contributed by atoms with Crippen molar-refractivity contribution in [3.8, 4) is 23.0 Å². The molecule has 0 radical (unpaired) electrons. The second kappa shape index (κ2) is 16.1. The van der Waals surface area contributed by atoms with Crippen LogP contribution in [0.3, 0.4) is 0 Å². The number of anilines is 1. The Bertz CT molecular complexity index is 2140. The topological polar surface area (TPSA) is 152 Å². The third-order valence-electron chi connectivity index (χ3n) is 7.40. The molecular formula is C32H36N8O6S2. The maximum absolute atomic E-state index is 12.8. The maximum Gasteiger partial charge on any atom is 0.262 e. The van der Waals surface area contributed by atoms with Gasteiger partial charge in [-0.15, -0.1) is 0 Å². The van der Waals surface area contributed by atoms with Crippen molar-refractivity contribution >= 4 is 50.5 Å². The van der Waals surface area contributed by atoms with Gasteiger partial charge in [-0.2, -0.15) is 0 Å². The lowest BCUT2D eigenvalue weighted by atomic mass is 10.2. The average molecular weight is 693 g/mol. The van der Waals surface area contributed by atoms with Crippen molar-refractivity contribution < 1.29 is 18.9 Å². The highest BCUT2D eigenvalue weighted by atomic mass is 32.1. The number of methoxy groups -OCH3 is 4. The van der Waals surface area contributed by atoms with Crippen LogP contribution < -0.4 is 34.6 Å². The standard InChI is InChI=1S/2C16H18N4O3S/c1-22-13-8-11-12(9-14(13)23-2)18-16(24)20(15(11)21)6-3-5-19-7-4-17-10-19;1-22-13-8-11-12(9-14(13)23-2)19-16(24-15(11)21)18-4-3-6-20-7-5-17-10-20/h4,7-10H,3,5-6H2,1-2H3,(H,18,24);5,7-10H,3-4,6H2,1-2H3,(H,18,19). The van der Waals surface area contributed by atoms with Gasteiger partial charge in [0, 0.05) is 63.1 Å². The summed E-state index contributed by atoms with van der Waals surface area (Å²) in [6, 6.07) is 6.79. The Morgan fingerprint density at radius 2 is 1.38 bits per heavy atom. The van der Waals surface area contributed by atoms with E-state index in [1.165, 1.54) is 0 Å². The van der Waals surface area contributed by atoms with Gasteiger partial charge in [0.15, 0.2) is 32.9 Å². The zero-order valence-electron chi connectivity index (χ0n) is 27.0. The fraction of sp³-hybridized carbons (Fsp3) is 0.312. The minimum atomic E-state index is -0.139. The minimum Gasteiger partial charge on any atom is -0.493 e. The molecule has 0 saturated heterocycles. The number of fused-ring (bicyclic) bond motifs is 2. The first-order chi connectivity index (χ1) is 23.3. The molecule has 0 unspecified atom stereocenters. The first-order valence-electron chi connectivity index (χ1n) is 15.0. The number of imidazole rings is 2. The highest BCUT2D eigenvalue weighted by Gasteiger charge is 2.13. The number of benzene rings is 2. The van der Waals surface area contributed by atoms with Gasteiger partial charge < -0.3 is 38.4 Å². The first-order valence-corrected chi connectivity index (χ1v) is 16.2. The molecule has 6 rings (SSSR count). The van der Waals surface area contributed by atoms with Gasteiger partial charge in [0.1, 0.15) is 0 Å². The Morgan fingerprint density at radius 3 is 1.98 bits per heavy atom. The molecule has 2 N–H and O–H groups in total. The van der Waals surface area contributed by atoms with E-state index in [1.807, 2.05) is 21.5 Å². The molecule has 0 spiro atoms. The van der Waals surface area contributed by atoms with E-state index < -0.39 is 0 Å². The van der Waals surface area contributed by atoms with Crippen LogP contribution in [0.4, 0.5) is 5.13 Å². The number of aromatic nitrogens is 7. The van der Waals surface area contributed by atoms with Crippen molar-refractivity contribution in [2.24, 2.45) is 0 Å². The van der Waals surface area contributed by atoms with Gasteiger partial charge in [-0.3, -0.25) is 14.2 Å². The van der Waals surface area contributed by atoms with Crippen molar-refractivity contribution in [1.29, 1.82) is 0 Å². The number of aryl methyl sites for hydroxylation is 2. The summed E-state index contributed by atoms with van der Waals surface area (Å²) in [5.41, 5.74) is 1.09. The van der Waals surface area contributed by atoms with Crippen molar-refractivity contribution in [3.63, 3.8) is 0 Å². The molecule has 2 aromatic carbocycles. The summed E-state index contributed by atoms with van der Waals surface area (Å²) in [5, 5.41) is 4.86. The number of rotatable bonds is 13. The quantitative estimate of drug-likeness (QED) is 0.128. The number of ether oxygens (including phenoxy) is 4. The predicted octanol–water partition coefficient (Wildman–Crippen LogP) is 4.74. The molecule has 0 bridgehead atoms. The van der Waals surface area contributed by atoms with E-state index in [2.05, 4.69) is 25.3 Å². The number of hydrogen-bond acceptors (Lipinski definition) is 12. The molecule has 0 fully saturated rings. The highest BCUT2D eigenvalue weighted by molar-refractivity contribution is 7.71. The Balaban J connectivity index is 0.000000188. The summed E-state index contributed by atoms with van der Waals surface area (Å²) in [6.07, 6.45) is 12.5. The second-order valence-electron chi connectivity index (χ2n) is 10.4. The molecule has 6 aromatic rings. The normalized spacial score (nSPS) is 10.8. The van der Waals surface area contributed by atoms with E-state index in [1.54, 1.807) is 82.3 Å². The van der Waals surface area contributed by atoms with Gasteiger partial charge in [0.2, 0.25) is 4.74 Å². The van der Waals surface area contributed by atoms with Gasteiger partial charge in [-0.1, -0.05) is 11.3 Å². The van der Waals surface area contributed by atoms with Crippen LogP contribution in [0.15, 0.2) is 71.3 Å². The molecule has 16 heteroatoms. The molecule has 14 nitrogen and oxygen atoms in total. The fourth-order valence-corrected chi connectivity index (χ4v) is 6.02. The number of nitrogens with zero attached hydrogens (tertiary/aromatic N) is 6. The number of hydrogen-bond donors (Lipinski definition) is 2. The average Bonchev–Trinajstić information content (AvgIpc) is 3.82. The summed E-state index contributed by atoms with van der Waals surface area (Å²) in [5.74, 6) is 2.14. The largest absolute Gasteiger partial charge is 0.493 e. The van der Waals surface area contributed by atoms with Crippen LogP contribution in [-0.2, 0) is 19.6 Å². The maximum atomic E-state index is 12.8. The molecule has 4 heterocycles. The van der Waals surface area contributed by atoms with Gasteiger partial charge in [-0.05, 0) is 37.2 Å². The highest BCUT2D eigenvalue weighted by Crippen LogP contribution is 2.31. The van der Waals surface area contributed by atoms with Crippen LogP contribution >= 0.6 is 23.6 Å². The summed E-state index contributed by atoms with van der Waals surface area (Å²) < 4.78 is 26.9. The number of nitrogens with one attached hydrogen (secondary N) is 2. The summed E-state index contributed by atoms with van der Waals surface area (Å²) >= 11 is 6.43. The fourth-order valence-electron chi connectivity index (χ4n) is 4.96. The van der Waals surface area contributed by atoms with Gasteiger partial charge in [0.05, 0.1) is 62.9 Å². The zero-order valence-corrected chi connectivity index (χ0v) is 28.6. The molecular weight excluding hydrogens is 657 g/mol. The molecule has 0 saturated carbocycles. The predicted molar refractivity (Wildman–Crippen MR) is 188 cm³/mol. The number of H-pyrrole nitrogens is 1. The van der Waals surface area contributed by atoms with Crippen LogP contribution in [0.2, 0.25) is 0 Å². The van der Waals surface area contributed by atoms with Crippen LogP contribution in [-0.4, -0.2) is 68.6 Å². The van der Waals surface area contributed by atoms with E-state index in [4.69, 9.17) is 31.2 Å². The van der Waals surface area contributed by atoms with Crippen molar-refractivity contribution in [2.75, 3.05) is 40.3 Å². The Hall–Kier alpha value is -5.22. The van der Waals surface area contributed by atoms with Crippen molar-refractivity contribution in [3.05, 3.63) is 86.4 Å². The zero-order chi connectivity index (χ0) is 34.0. The lowest BCUT2D eigenvalue weighted by Crippen LogP contribution is -2.23. The molecule has 0 amide bonds. The van der Waals surface area contributed by atoms with Crippen molar-refractivity contribution in [2.45, 2.75) is 32.5 Å². The van der Waals surface area contributed by atoms with E-state index in [0.29, 0.717) is 61.3 Å². The second-order valence-corrected chi connectivity index (χ2v) is 11.8. The molecule has 48 heavy (non-hydrogen) atoms. The SMILES string of the molecule is COc1cc2[nH]c(=S)n(CCCn3ccnc3)c(=O)c2cc1OC.COc1cc2nc(NCCCn3ccnc3)sc(=O)c2cc1OC. The summed E-state index contributed by atoms with van der Waals surface area (Å²) in [7, 11) is 6.19. The van der Waals surface area contributed by atoms with E-state index in [-0.39, 0.29) is 10.3 Å². The molecule has 4 aromatic heterocycles. The smallest absolute Gasteiger partial charge is 0.262 e. The first kappa shape index (κ1) is 34.1. The number of aromatic amines is 1. The summed E-state index contributed by atoms with van der Waals surface area (Å²) in [4.78, 5) is 40.7. The van der Waals surface area contributed by atoms with E-state index in [0.717, 1.165) is 43.8 Å². The Labute approximate surface area is 284 Å². The van der Waals surface area contributed by atoms with E-state index >= 15 is 0 Å². The van der Waals surface area contributed by atoms with E-state index in [9.17, 15) is 9.59 Å². The molecule has 0 aliphatic carbocycles. The van der Waals surface area contributed by atoms with Gasteiger partial charge in [0.25, 0.3) is 5.56 Å². The Kier molecular flexibility index (Phi) is 11.4. The summed E-state index contributed by atoms with van der Waals surface area (Å²) in [6.45, 7) is 2.88. The molecule has 0 aliphatic heterocycles. The lowest BCUT2D eigenvalue weighted by molar-refractivity contribution is 0.355. The monoisotopic (exact) mass is 692 g/mol. The lowest BCUT2D eigenvalue weighted by Gasteiger charge is -2.11. The third-order valence-corrected chi connectivity index (χ3v) is 8.56. The minimum absolute atomic E-state index is 0.0573. The van der Waals surface area contributed by atoms with Crippen molar-refractivity contribution in [1.82, 2.24) is 33.6 Å². The third kappa shape index (κ3) is 8.01. The molecule has 252 valence electrons. The van der Waals surface area contributed by atoms with Gasteiger partial charge >= 0.3 is 0 Å². The van der Waals surface area contributed by atoms with Gasteiger partial charge in [-0.25, -0.2) is 15.0 Å². The molecule has 0 aliphatic rings. The van der Waals surface area contributed by atoms with Crippen LogP contribution in [0.1, 0.15) is 12.8 Å². The molecule has 0 atom stereocenters. The van der Waals surface area contributed by atoms with Crippen LogP contribution in [0, 0.1) is 4.77 Å². The van der Waals surface area contributed by atoms with Crippen LogP contribution in [0.5, 0.6) is 23.0 Å².